The van der Waals surface area contributed by atoms with Crippen molar-refractivity contribution in [1.82, 2.24) is 9.55 Å². The van der Waals surface area contributed by atoms with Crippen LogP contribution >= 0.6 is 0 Å². The van der Waals surface area contributed by atoms with Crippen LogP contribution in [-0.2, 0) is 6.54 Å². The molecule has 0 saturated carbocycles. The first-order valence-electron chi connectivity index (χ1n) is 4.42. The van der Waals surface area contributed by atoms with Crippen LogP contribution in [-0.4, -0.2) is 16.7 Å². The van der Waals surface area contributed by atoms with E-state index in [2.05, 4.69) is 11.9 Å². The molecule has 0 aliphatic heterocycles. The highest BCUT2D eigenvalue weighted by Gasteiger charge is 1.99. The normalized spacial score (nSPS) is 10.2. The summed E-state index contributed by atoms with van der Waals surface area (Å²) in [4.78, 5) is 4.01. The van der Waals surface area contributed by atoms with Gasteiger partial charge in [-0.15, -0.1) is 0 Å². The molecule has 0 aromatic carbocycles. The Balaban J connectivity index is 2.39. The smallest absolute Gasteiger partial charge is 0.213 e. The fourth-order valence-corrected chi connectivity index (χ4v) is 1.18. The molecule has 3 nitrogen and oxygen atoms in total. The van der Waals surface area contributed by atoms with Gasteiger partial charge in [0.1, 0.15) is 0 Å². The second kappa shape index (κ2) is 4.80. The van der Waals surface area contributed by atoms with E-state index in [9.17, 15) is 0 Å². The average molecular weight is 168 g/mol. The maximum Gasteiger partial charge on any atom is 0.213 e. The van der Waals surface area contributed by atoms with E-state index < -0.39 is 0 Å². The first kappa shape index (κ1) is 9.10. The summed E-state index contributed by atoms with van der Waals surface area (Å²) >= 11 is 0. The SMILES string of the molecule is CCCCCn1cncc1OC. The Labute approximate surface area is 73.4 Å². The van der Waals surface area contributed by atoms with E-state index >= 15 is 0 Å². The van der Waals surface area contributed by atoms with Crippen molar-refractivity contribution in [3.8, 4) is 5.88 Å². The Kier molecular flexibility index (Phi) is 3.64. The Bertz CT molecular complexity index is 220. The van der Waals surface area contributed by atoms with Crippen molar-refractivity contribution in [2.75, 3.05) is 7.11 Å². The quantitative estimate of drug-likeness (QED) is 0.629. The minimum atomic E-state index is 0.853. The predicted molar refractivity (Wildman–Crippen MR) is 48.3 cm³/mol. The van der Waals surface area contributed by atoms with Crippen LogP contribution in [0, 0.1) is 0 Å². The first-order chi connectivity index (χ1) is 5.88. The van der Waals surface area contributed by atoms with Crippen molar-refractivity contribution >= 4 is 0 Å². The fraction of sp³-hybridized carbons (Fsp3) is 0.667. The van der Waals surface area contributed by atoms with E-state index in [1.165, 1.54) is 19.3 Å². The molecule has 1 heterocycles. The maximum atomic E-state index is 5.12. The van der Waals surface area contributed by atoms with Crippen LogP contribution in [0.25, 0.3) is 0 Å². The van der Waals surface area contributed by atoms with Gasteiger partial charge in [0.05, 0.1) is 19.6 Å². The molecule has 12 heavy (non-hydrogen) atoms. The molecule has 1 aromatic rings. The summed E-state index contributed by atoms with van der Waals surface area (Å²) in [6, 6.07) is 0. The molecule has 0 aliphatic carbocycles. The van der Waals surface area contributed by atoms with Gasteiger partial charge in [-0.1, -0.05) is 19.8 Å². The second-order valence-electron chi connectivity index (χ2n) is 2.84. The number of methoxy groups -OCH3 is 1. The van der Waals surface area contributed by atoms with Gasteiger partial charge < -0.3 is 9.30 Å². The number of unbranched alkanes of at least 4 members (excludes halogenated alkanes) is 2. The maximum absolute atomic E-state index is 5.12. The topological polar surface area (TPSA) is 27.1 Å². The van der Waals surface area contributed by atoms with Crippen molar-refractivity contribution in [2.24, 2.45) is 0 Å². The van der Waals surface area contributed by atoms with Crippen molar-refractivity contribution in [1.29, 1.82) is 0 Å². The van der Waals surface area contributed by atoms with Crippen LogP contribution in [0.1, 0.15) is 26.2 Å². The van der Waals surface area contributed by atoms with Crippen molar-refractivity contribution in [3.63, 3.8) is 0 Å². The van der Waals surface area contributed by atoms with Gasteiger partial charge >= 0.3 is 0 Å². The summed E-state index contributed by atoms with van der Waals surface area (Å²) in [5.41, 5.74) is 0. The Morgan fingerprint density at radius 1 is 1.50 bits per heavy atom. The molecule has 0 spiro atoms. The van der Waals surface area contributed by atoms with E-state index in [4.69, 9.17) is 4.74 Å². The second-order valence-corrected chi connectivity index (χ2v) is 2.84. The van der Waals surface area contributed by atoms with Crippen molar-refractivity contribution in [2.45, 2.75) is 32.7 Å². The van der Waals surface area contributed by atoms with Crippen LogP contribution in [0.15, 0.2) is 12.5 Å². The summed E-state index contributed by atoms with van der Waals surface area (Å²) in [6.45, 7) is 3.21. The summed E-state index contributed by atoms with van der Waals surface area (Å²) < 4.78 is 7.15. The van der Waals surface area contributed by atoms with Crippen molar-refractivity contribution < 1.29 is 4.74 Å². The lowest BCUT2D eigenvalue weighted by atomic mass is 10.2. The number of hydrogen-bond donors (Lipinski definition) is 0. The van der Waals surface area contributed by atoms with Gasteiger partial charge in [0.25, 0.3) is 0 Å². The number of rotatable bonds is 5. The average Bonchev–Trinajstić information content (AvgIpc) is 2.52. The molecule has 3 heteroatoms. The molecule has 1 rings (SSSR count). The van der Waals surface area contributed by atoms with Crippen LogP contribution in [0.3, 0.4) is 0 Å². The Hall–Kier alpha value is -0.990. The zero-order valence-corrected chi connectivity index (χ0v) is 7.79. The van der Waals surface area contributed by atoms with Gasteiger partial charge in [-0.3, -0.25) is 0 Å². The Morgan fingerprint density at radius 3 is 3.00 bits per heavy atom. The number of hydrogen-bond acceptors (Lipinski definition) is 2. The van der Waals surface area contributed by atoms with Gasteiger partial charge in [0.2, 0.25) is 5.88 Å². The molecular formula is C9H16N2O. The van der Waals surface area contributed by atoms with E-state index in [1.54, 1.807) is 13.3 Å². The van der Waals surface area contributed by atoms with Gasteiger partial charge in [-0.2, -0.15) is 0 Å². The third-order valence-corrected chi connectivity index (χ3v) is 1.89. The van der Waals surface area contributed by atoms with Crippen LogP contribution in [0.5, 0.6) is 5.88 Å². The molecule has 0 saturated heterocycles. The summed E-state index contributed by atoms with van der Waals surface area (Å²) in [5, 5.41) is 0. The standard InChI is InChI=1S/C9H16N2O/c1-3-4-5-6-11-8-10-7-9(11)12-2/h7-8H,3-6H2,1-2H3. The molecule has 0 radical (unpaired) electrons. The highest BCUT2D eigenvalue weighted by Crippen LogP contribution is 2.10. The fourth-order valence-electron chi connectivity index (χ4n) is 1.18. The van der Waals surface area contributed by atoms with Crippen LogP contribution in [0.2, 0.25) is 0 Å². The van der Waals surface area contributed by atoms with E-state index in [0.29, 0.717) is 0 Å². The summed E-state index contributed by atoms with van der Waals surface area (Å²) in [7, 11) is 1.67. The molecular weight excluding hydrogens is 152 g/mol. The molecule has 0 fully saturated rings. The Morgan fingerprint density at radius 2 is 2.33 bits per heavy atom. The van der Waals surface area contributed by atoms with Crippen molar-refractivity contribution in [3.05, 3.63) is 12.5 Å². The number of nitrogens with zero attached hydrogens (tertiary/aromatic N) is 2. The molecule has 0 atom stereocenters. The highest BCUT2D eigenvalue weighted by molar-refractivity contribution is 5.04. The summed E-state index contributed by atoms with van der Waals surface area (Å²) in [5.74, 6) is 0.853. The lowest BCUT2D eigenvalue weighted by Gasteiger charge is -2.05. The van der Waals surface area contributed by atoms with E-state index in [0.717, 1.165) is 12.4 Å². The number of aryl methyl sites for hydroxylation is 1. The predicted octanol–water partition coefficient (Wildman–Crippen LogP) is 2.08. The number of ether oxygens (including phenoxy) is 1. The van der Waals surface area contributed by atoms with E-state index in [-0.39, 0.29) is 0 Å². The zero-order valence-electron chi connectivity index (χ0n) is 7.79. The minimum absolute atomic E-state index is 0.853. The summed E-state index contributed by atoms with van der Waals surface area (Å²) in [6.07, 6.45) is 7.27. The molecule has 0 N–H and O–H groups in total. The van der Waals surface area contributed by atoms with Crippen LogP contribution < -0.4 is 4.74 Å². The molecule has 0 amide bonds. The third-order valence-electron chi connectivity index (χ3n) is 1.89. The lowest BCUT2D eigenvalue weighted by molar-refractivity contribution is 0.369. The van der Waals surface area contributed by atoms with Gasteiger partial charge in [0.15, 0.2) is 0 Å². The zero-order chi connectivity index (χ0) is 8.81. The highest BCUT2D eigenvalue weighted by atomic mass is 16.5. The van der Waals surface area contributed by atoms with Gasteiger partial charge in [0, 0.05) is 6.54 Å². The monoisotopic (exact) mass is 168 g/mol. The van der Waals surface area contributed by atoms with Gasteiger partial charge in [-0.05, 0) is 6.42 Å². The number of imidazole rings is 1. The molecule has 1 aromatic heterocycles. The molecule has 0 unspecified atom stereocenters. The lowest BCUT2D eigenvalue weighted by Crippen LogP contribution is -1.99. The van der Waals surface area contributed by atoms with E-state index in [1.807, 2.05) is 10.9 Å². The van der Waals surface area contributed by atoms with Crippen LogP contribution in [0.4, 0.5) is 0 Å². The molecule has 0 aliphatic rings. The largest absolute Gasteiger partial charge is 0.481 e. The number of aromatic nitrogens is 2. The minimum Gasteiger partial charge on any atom is -0.481 e. The van der Waals surface area contributed by atoms with Gasteiger partial charge in [-0.25, -0.2) is 4.98 Å². The first-order valence-corrected chi connectivity index (χ1v) is 4.42. The third kappa shape index (κ3) is 2.26. The molecule has 68 valence electrons. The molecule has 0 bridgehead atoms.